The molecular formula is C9H10BrNO2S. The first kappa shape index (κ1) is 10.1. The number of nitrogens with zero attached hydrogens (tertiary/aromatic N) is 1. The minimum atomic E-state index is -0.0266. The smallest absolute Gasteiger partial charge is 0.271 e. The number of aryl methyl sites for hydroxylation is 1. The minimum absolute atomic E-state index is 0.0266. The Morgan fingerprint density at radius 3 is 3.00 bits per heavy atom. The summed E-state index contributed by atoms with van der Waals surface area (Å²) in [5.74, 6) is -0.0266. The molecule has 0 aliphatic carbocycles. The summed E-state index contributed by atoms with van der Waals surface area (Å²) in [4.78, 5) is 17.7. The molecule has 2 rings (SSSR count). The van der Waals surface area contributed by atoms with Crippen molar-refractivity contribution in [3.8, 4) is 0 Å². The number of carbonyl (C=O) groups excluding carboxylic acids is 1. The highest BCUT2D eigenvalue weighted by atomic mass is 79.9. The van der Waals surface area contributed by atoms with Crippen LogP contribution in [0.5, 0.6) is 0 Å². The van der Waals surface area contributed by atoms with E-state index in [-0.39, 0.29) is 5.91 Å². The quantitative estimate of drug-likeness (QED) is 0.789. The lowest BCUT2D eigenvalue weighted by Crippen LogP contribution is -2.25. The molecule has 0 atom stereocenters. The molecule has 5 heteroatoms. The standard InChI is InChI=1S/C9H10BrNO2S/c1-6-5-7(14-8(6)10)9(12)11-3-2-4-13-11/h5H,2-4H2,1H3. The molecule has 0 N–H and O–H groups in total. The zero-order valence-electron chi connectivity index (χ0n) is 7.75. The molecule has 3 nitrogen and oxygen atoms in total. The molecule has 76 valence electrons. The molecule has 1 aliphatic heterocycles. The fourth-order valence-corrected chi connectivity index (χ4v) is 2.77. The summed E-state index contributed by atoms with van der Waals surface area (Å²) >= 11 is 4.85. The van der Waals surface area contributed by atoms with Gasteiger partial charge in [0.25, 0.3) is 5.91 Å². The lowest BCUT2D eigenvalue weighted by molar-refractivity contribution is -0.0765. The van der Waals surface area contributed by atoms with Gasteiger partial charge in [-0.05, 0) is 40.9 Å². The molecule has 14 heavy (non-hydrogen) atoms. The van der Waals surface area contributed by atoms with Gasteiger partial charge in [-0.15, -0.1) is 11.3 Å². The normalized spacial score (nSPS) is 16.3. The number of rotatable bonds is 1. The molecule has 2 heterocycles. The molecule has 0 unspecified atom stereocenters. The van der Waals surface area contributed by atoms with Gasteiger partial charge in [0.1, 0.15) is 0 Å². The van der Waals surface area contributed by atoms with Crippen LogP contribution in [0.2, 0.25) is 0 Å². The van der Waals surface area contributed by atoms with Crippen molar-refractivity contribution in [1.29, 1.82) is 0 Å². The van der Waals surface area contributed by atoms with Crippen molar-refractivity contribution in [3.05, 3.63) is 20.3 Å². The van der Waals surface area contributed by atoms with Crippen molar-refractivity contribution < 1.29 is 9.63 Å². The molecule has 0 aromatic carbocycles. The van der Waals surface area contributed by atoms with E-state index >= 15 is 0 Å². The maximum Gasteiger partial charge on any atom is 0.287 e. The maximum absolute atomic E-state index is 11.8. The molecule has 0 spiro atoms. The van der Waals surface area contributed by atoms with E-state index in [2.05, 4.69) is 15.9 Å². The third kappa shape index (κ3) is 1.85. The predicted molar refractivity (Wildman–Crippen MR) is 58.4 cm³/mol. The van der Waals surface area contributed by atoms with Gasteiger partial charge in [0.05, 0.1) is 21.8 Å². The van der Waals surface area contributed by atoms with Crippen LogP contribution >= 0.6 is 27.3 Å². The minimum Gasteiger partial charge on any atom is -0.271 e. The molecule has 1 aromatic heterocycles. The van der Waals surface area contributed by atoms with Gasteiger partial charge in [0.2, 0.25) is 0 Å². The first-order valence-electron chi connectivity index (χ1n) is 4.39. The summed E-state index contributed by atoms with van der Waals surface area (Å²) in [6.45, 7) is 3.33. The third-order valence-corrected chi connectivity index (χ3v) is 4.17. The number of carbonyl (C=O) groups is 1. The zero-order valence-corrected chi connectivity index (χ0v) is 10.2. The van der Waals surface area contributed by atoms with E-state index in [1.165, 1.54) is 16.4 Å². The van der Waals surface area contributed by atoms with E-state index in [0.29, 0.717) is 13.2 Å². The Labute approximate surface area is 94.7 Å². The predicted octanol–water partition coefficient (Wildman–Crippen LogP) is 2.60. The number of hydroxylamine groups is 2. The van der Waals surface area contributed by atoms with Gasteiger partial charge in [-0.1, -0.05) is 0 Å². The largest absolute Gasteiger partial charge is 0.287 e. The van der Waals surface area contributed by atoms with Gasteiger partial charge in [-0.25, -0.2) is 5.06 Å². The van der Waals surface area contributed by atoms with E-state index in [1.807, 2.05) is 13.0 Å². The molecular weight excluding hydrogens is 266 g/mol. The zero-order chi connectivity index (χ0) is 10.1. The van der Waals surface area contributed by atoms with E-state index in [4.69, 9.17) is 4.84 Å². The number of thiophene rings is 1. The number of halogens is 1. The van der Waals surface area contributed by atoms with Gasteiger partial charge < -0.3 is 0 Å². The monoisotopic (exact) mass is 275 g/mol. The van der Waals surface area contributed by atoms with Crippen molar-refractivity contribution in [2.45, 2.75) is 13.3 Å². The van der Waals surface area contributed by atoms with Gasteiger partial charge in [0, 0.05) is 0 Å². The number of amides is 1. The highest BCUT2D eigenvalue weighted by Crippen LogP contribution is 2.28. The Morgan fingerprint density at radius 2 is 2.50 bits per heavy atom. The fourth-order valence-electron chi connectivity index (χ4n) is 1.30. The molecule has 1 fully saturated rings. The van der Waals surface area contributed by atoms with E-state index in [0.717, 1.165) is 20.6 Å². The Morgan fingerprint density at radius 1 is 1.71 bits per heavy atom. The highest BCUT2D eigenvalue weighted by molar-refractivity contribution is 9.11. The SMILES string of the molecule is Cc1cc(C(=O)N2CCCO2)sc1Br. The van der Waals surface area contributed by atoms with Gasteiger partial charge >= 0.3 is 0 Å². The van der Waals surface area contributed by atoms with Crippen molar-refractivity contribution in [3.63, 3.8) is 0 Å². The summed E-state index contributed by atoms with van der Waals surface area (Å²) in [5, 5.41) is 1.44. The molecule has 0 radical (unpaired) electrons. The topological polar surface area (TPSA) is 29.5 Å². The van der Waals surface area contributed by atoms with Crippen LogP contribution in [-0.4, -0.2) is 24.1 Å². The van der Waals surface area contributed by atoms with Crippen LogP contribution in [0, 0.1) is 6.92 Å². The molecule has 0 bridgehead atoms. The number of hydrogen-bond acceptors (Lipinski definition) is 3. The first-order chi connectivity index (χ1) is 6.68. The van der Waals surface area contributed by atoms with Crippen molar-refractivity contribution >= 4 is 33.2 Å². The fraction of sp³-hybridized carbons (Fsp3) is 0.444. The molecule has 1 amide bonds. The number of hydrogen-bond donors (Lipinski definition) is 0. The Hall–Kier alpha value is -0.390. The van der Waals surface area contributed by atoms with Crippen LogP contribution in [0.25, 0.3) is 0 Å². The second-order valence-corrected chi connectivity index (χ2v) is 5.53. The second kappa shape index (κ2) is 4.00. The van der Waals surface area contributed by atoms with Crippen LogP contribution in [0.3, 0.4) is 0 Å². The maximum atomic E-state index is 11.8. The lowest BCUT2D eigenvalue weighted by Gasteiger charge is -2.11. The van der Waals surface area contributed by atoms with Gasteiger partial charge in [0.15, 0.2) is 0 Å². The lowest BCUT2D eigenvalue weighted by atomic mass is 10.3. The summed E-state index contributed by atoms with van der Waals surface area (Å²) in [7, 11) is 0. The Bertz CT molecular complexity index is 338. The third-order valence-electron chi connectivity index (χ3n) is 2.05. The summed E-state index contributed by atoms with van der Waals surface area (Å²) in [6.07, 6.45) is 0.928. The molecule has 1 aromatic rings. The first-order valence-corrected chi connectivity index (χ1v) is 6.00. The molecule has 1 aliphatic rings. The summed E-state index contributed by atoms with van der Waals surface area (Å²) < 4.78 is 1.01. The van der Waals surface area contributed by atoms with Crippen LogP contribution < -0.4 is 0 Å². The van der Waals surface area contributed by atoms with Gasteiger partial charge in [-0.3, -0.25) is 9.63 Å². The Balaban J connectivity index is 2.18. The average Bonchev–Trinajstić information content (AvgIpc) is 2.76. The second-order valence-electron chi connectivity index (χ2n) is 3.16. The Kier molecular flexibility index (Phi) is 2.90. The summed E-state index contributed by atoms with van der Waals surface area (Å²) in [6, 6.07) is 1.89. The van der Waals surface area contributed by atoms with Crippen molar-refractivity contribution in [2.75, 3.05) is 13.2 Å². The highest BCUT2D eigenvalue weighted by Gasteiger charge is 2.22. The van der Waals surface area contributed by atoms with Crippen LogP contribution in [0.4, 0.5) is 0 Å². The van der Waals surface area contributed by atoms with Crippen molar-refractivity contribution in [2.24, 2.45) is 0 Å². The van der Waals surface area contributed by atoms with E-state index in [9.17, 15) is 4.79 Å². The van der Waals surface area contributed by atoms with E-state index < -0.39 is 0 Å². The van der Waals surface area contributed by atoms with Crippen molar-refractivity contribution in [1.82, 2.24) is 5.06 Å². The van der Waals surface area contributed by atoms with Crippen LogP contribution in [-0.2, 0) is 4.84 Å². The van der Waals surface area contributed by atoms with Crippen LogP contribution in [0.1, 0.15) is 21.7 Å². The van der Waals surface area contributed by atoms with E-state index in [1.54, 1.807) is 0 Å². The van der Waals surface area contributed by atoms with Crippen LogP contribution in [0.15, 0.2) is 9.85 Å². The average molecular weight is 276 g/mol. The van der Waals surface area contributed by atoms with Gasteiger partial charge in [-0.2, -0.15) is 0 Å². The summed E-state index contributed by atoms with van der Waals surface area (Å²) in [5.41, 5.74) is 1.09. The molecule has 1 saturated heterocycles. The molecule has 0 saturated carbocycles.